The number of fused-ring (bicyclic) bond motifs is 3. The van der Waals surface area contributed by atoms with E-state index in [2.05, 4.69) is 34.9 Å². The van der Waals surface area contributed by atoms with Crippen LogP contribution in [-0.4, -0.2) is 42.3 Å². The SMILES string of the molecule is C/C(=C\CNC(=O)OCC1c2ccccc2-c2ccccc21)C(=O)NC(C)CCC(=O)O. The average Bonchev–Trinajstić information content (AvgIpc) is 3.10. The average molecular weight is 437 g/mol. The highest BCUT2D eigenvalue weighted by Gasteiger charge is 2.28. The van der Waals surface area contributed by atoms with E-state index in [9.17, 15) is 14.4 Å². The summed E-state index contributed by atoms with van der Waals surface area (Å²) in [7, 11) is 0. The molecule has 7 heteroatoms. The van der Waals surface area contributed by atoms with Gasteiger partial charge >= 0.3 is 12.1 Å². The van der Waals surface area contributed by atoms with Gasteiger partial charge in [-0.15, -0.1) is 0 Å². The van der Waals surface area contributed by atoms with Crippen molar-refractivity contribution in [2.45, 2.75) is 38.6 Å². The first-order chi connectivity index (χ1) is 15.4. The van der Waals surface area contributed by atoms with E-state index in [0.29, 0.717) is 12.0 Å². The zero-order valence-corrected chi connectivity index (χ0v) is 18.3. The molecule has 2 amide bonds. The van der Waals surface area contributed by atoms with Gasteiger partial charge < -0.3 is 20.5 Å². The lowest BCUT2D eigenvalue weighted by molar-refractivity contribution is -0.137. The van der Waals surface area contributed by atoms with Crippen LogP contribution in [-0.2, 0) is 14.3 Å². The second-order valence-corrected chi connectivity index (χ2v) is 7.90. The number of carboxylic acid groups (broad SMARTS) is 1. The lowest BCUT2D eigenvalue weighted by atomic mass is 9.98. The summed E-state index contributed by atoms with van der Waals surface area (Å²) < 4.78 is 5.47. The van der Waals surface area contributed by atoms with E-state index >= 15 is 0 Å². The maximum absolute atomic E-state index is 12.2. The number of alkyl carbamates (subject to hydrolysis) is 1. The molecule has 0 saturated heterocycles. The zero-order valence-electron chi connectivity index (χ0n) is 18.3. The van der Waals surface area contributed by atoms with Gasteiger partial charge in [0.25, 0.3) is 0 Å². The molecule has 2 aromatic rings. The minimum atomic E-state index is -0.898. The Morgan fingerprint density at radius 1 is 1.06 bits per heavy atom. The highest BCUT2D eigenvalue weighted by atomic mass is 16.5. The summed E-state index contributed by atoms with van der Waals surface area (Å²) >= 11 is 0. The quantitative estimate of drug-likeness (QED) is 0.518. The predicted molar refractivity (Wildman–Crippen MR) is 121 cm³/mol. The van der Waals surface area contributed by atoms with E-state index in [4.69, 9.17) is 9.84 Å². The van der Waals surface area contributed by atoms with E-state index in [1.54, 1.807) is 19.9 Å². The molecule has 3 rings (SSSR count). The van der Waals surface area contributed by atoms with Gasteiger partial charge in [-0.3, -0.25) is 9.59 Å². The Bertz CT molecular complexity index is 985. The van der Waals surface area contributed by atoms with E-state index in [1.165, 1.54) is 11.1 Å². The van der Waals surface area contributed by atoms with Gasteiger partial charge in [0.1, 0.15) is 6.61 Å². The Kier molecular flexibility index (Phi) is 7.65. The normalized spacial score (nSPS) is 13.6. The van der Waals surface area contributed by atoms with Crippen LogP contribution in [0.15, 0.2) is 60.2 Å². The molecule has 0 heterocycles. The fourth-order valence-corrected chi connectivity index (χ4v) is 3.78. The van der Waals surface area contributed by atoms with E-state index in [-0.39, 0.29) is 37.4 Å². The van der Waals surface area contributed by atoms with Crippen LogP contribution in [0.3, 0.4) is 0 Å². The molecule has 1 aliphatic carbocycles. The third-order valence-electron chi connectivity index (χ3n) is 5.53. The Labute approximate surface area is 187 Å². The van der Waals surface area contributed by atoms with Crippen LogP contribution in [0.2, 0.25) is 0 Å². The van der Waals surface area contributed by atoms with Crippen molar-refractivity contribution in [3.63, 3.8) is 0 Å². The molecular weight excluding hydrogens is 408 g/mol. The molecule has 7 nitrogen and oxygen atoms in total. The molecule has 168 valence electrons. The molecule has 0 aromatic heterocycles. The van der Waals surface area contributed by atoms with Gasteiger partial charge in [0, 0.05) is 30.5 Å². The van der Waals surface area contributed by atoms with Gasteiger partial charge in [-0.05, 0) is 42.5 Å². The lowest BCUT2D eigenvalue weighted by Crippen LogP contribution is -2.34. The monoisotopic (exact) mass is 436 g/mol. The number of hydrogen-bond donors (Lipinski definition) is 3. The molecule has 1 atom stereocenters. The minimum absolute atomic E-state index is 0.00640. The smallest absolute Gasteiger partial charge is 0.407 e. The maximum atomic E-state index is 12.2. The Balaban J connectivity index is 1.47. The third-order valence-corrected chi connectivity index (χ3v) is 5.53. The number of rotatable bonds is 9. The molecule has 0 saturated carbocycles. The third kappa shape index (κ3) is 5.75. The van der Waals surface area contributed by atoms with E-state index in [1.807, 2.05) is 24.3 Å². The van der Waals surface area contributed by atoms with Crippen molar-refractivity contribution in [1.82, 2.24) is 10.6 Å². The van der Waals surface area contributed by atoms with Crippen LogP contribution >= 0.6 is 0 Å². The summed E-state index contributed by atoms with van der Waals surface area (Å²) in [6, 6.07) is 16.0. The first-order valence-electron chi connectivity index (χ1n) is 10.6. The molecule has 0 bridgehead atoms. The van der Waals surface area contributed by atoms with Crippen molar-refractivity contribution in [1.29, 1.82) is 0 Å². The van der Waals surface area contributed by atoms with Crippen molar-refractivity contribution in [3.8, 4) is 11.1 Å². The number of carboxylic acids is 1. The standard InChI is InChI=1S/C25H28N2O5/c1-16(24(30)27-17(2)11-12-23(28)29)13-14-26-25(31)32-15-22-20-9-5-3-7-18(20)19-8-4-6-10-21(19)22/h3-10,13,17,22H,11-12,14-15H2,1-2H3,(H,26,31)(H,27,30)(H,28,29)/b16-13+. The predicted octanol–water partition coefficient (Wildman–Crippen LogP) is 3.84. The molecule has 0 radical (unpaired) electrons. The summed E-state index contributed by atoms with van der Waals surface area (Å²) in [5, 5.41) is 14.1. The second-order valence-electron chi connectivity index (χ2n) is 7.90. The van der Waals surface area contributed by atoms with Crippen molar-refractivity contribution in [2.75, 3.05) is 13.2 Å². The molecule has 0 spiro atoms. The molecular formula is C25H28N2O5. The van der Waals surface area contributed by atoms with Gasteiger partial charge in [0.15, 0.2) is 0 Å². The number of aliphatic carboxylic acids is 1. The molecule has 0 fully saturated rings. The largest absolute Gasteiger partial charge is 0.481 e. The first-order valence-corrected chi connectivity index (χ1v) is 10.6. The van der Waals surface area contributed by atoms with E-state index in [0.717, 1.165) is 11.1 Å². The fraction of sp³-hybridized carbons (Fsp3) is 0.320. The number of amides is 2. The number of benzene rings is 2. The number of nitrogens with one attached hydrogen (secondary N) is 2. The number of carbonyl (C=O) groups excluding carboxylic acids is 2. The molecule has 1 unspecified atom stereocenters. The second kappa shape index (κ2) is 10.6. The summed E-state index contributed by atoms with van der Waals surface area (Å²) in [5.74, 6) is -1.20. The summed E-state index contributed by atoms with van der Waals surface area (Å²) in [5.41, 5.74) is 5.06. The van der Waals surface area contributed by atoms with E-state index < -0.39 is 12.1 Å². The Morgan fingerprint density at radius 3 is 2.25 bits per heavy atom. The zero-order chi connectivity index (χ0) is 23.1. The van der Waals surface area contributed by atoms with Gasteiger partial charge in [0.05, 0.1) is 0 Å². The molecule has 1 aliphatic rings. The Morgan fingerprint density at radius 2 is 1.66 bits per heavy atom. The highest BCUT2D eigenvalue weighted by Crippen LogP contribution is 2.44. The van der Waals surface area contributed by atoms with Crippen molar-refractivity contribution >= 4 is 18.0 Å². The van der Waals surface area contributed by atoms with Crippen LogP contribution in [0.1, 0.15) is 43.7 Å². The van der Waals surface area contributed by atoms with Crippen LogP contribution in [0.25, 0.3) is 11.1 Å². The topological polar surface area (TPSA) is 105 Å². The van der Waals surface area contributed by atoms with Crippen LogP contribution in [0, 0.1) is 0 Å². The summed E-state index contributed by atoms with van der Waals surface area (Å²) in [4.78, 5) is 34.9. The highest BCUT2D eigenvalue weighted by molar-refractivity contribution is 5.93. The fourth-order valence-electron chi connectivity index (χ4n) is 3.78. The molecule has 0 aliphatic heterocycles. The molecule has 32 heavy (non-hydrogen) atoms. The van der Waals surface area contributed by atoms with Crippen molar-refractivity contribution in [2.24, 2.45) is 0 Å². The van der Waals surface area contributed by atoms with Gasteiger partial charge in [0.2, 0.25) is 5.91 Å². The van der Waals surface area contributed by atoms with Gasteiger partial charge in [-0.1, -0.05) is 54.6 Å². The molecule has 3 N–H and O–H groups in total. The summed E-state index contributed by atoms with van der Waals surface area (Å²) in [6.45, 7) is 3.77. The van der Waals surface area contributed by atoms with Crippen LogP contribution < -0.4 is 10.6 Å². The number of carbonyl (C=O) groups is 3. The summed E-state index contributed by atoms with van der Waals surface area (Å²) in [6.07, 6.45) is 1.40. The van der Waals surface area contributed by atoms with Crippen molar-refractivity contribution in [3.05, 3.63) is 71.3 Å². The maximum Gasteiger partial charge on any atom is 0.407 e. The van der Waals surface area contributed by atoms with Gasteiger partial charge in [-0.2, -0.15) is 0 Å². The van der Waals surface area contributed by atoms with Gasteiger partial charge in [-0.25, -0.2) is 4.79 Å². The first kappa shape index (κ1) is 23.1. The molecule has 2 aromatic carbocycles. The van der Waals surface area contributed by atoms with Crippen molar-refractivity contribution < 1.29 is 24.2 Å². The van der Waals surface area contributed by atoms with Crippen LogP contribution in [0.4, 0.5) is 4.79 Å². The Hall–Kier alpha value is -3.61. The lowest BCUT2D eigenvalue weighted by Gasteiger charge is -2.14. The number of hydrogen-bond acceptors (Lipinski definition) is 4. The number of ether oxygens (including phenoxy) is 1. The van der Waals surface area contributed by atoms with Crippen LogP contribution in [0.5, 0.6) is 0 Å². The minimum Gasteiger partial charge on any atom is -0.481 e.